The topological polar surface area (TPSA) is 93.0 Å². The van der Waals surface area contributed by atoms with Crippen molar-refractivity contribution in [3.05, 3.63) is 28.3 Å². The smallest absolute Gasteiger partial charge is 0.273 e. The fraction of sp³-hybridized carbons (Fsp3) is 0.579. The summed E-state index contributed by atoms with van der Waals surface area (Å²) in [4.78, 5) is 39.4. The molecule has 0 bridgehead atoms. The third-order valence-electron chi connectivity index (χ3n) is 5.24. The number of hydrogen-bond donors (Lipinski definition) is 0. The van der Waals surface area contributed by atoms with Gasteiger partial charge in [0.2, 0.25) is 5.91 Å². The highest BCUT2D eigenvalue weighted by Crippen LogP contribution is 2.38. The van der Waals surface area contributed by atoms with Crippen LogP contribution in [0.25, 0.3) is 0 Å². The first-order valence-corrected chi connectivity index (χ1v) is 9.32. The monoisotopic (exact) mass is 375 g/mol. The first-order chi connectivity index (χ1) is 12.8. The van der Waals surface area contributed by atoms with Gasteiger partial charge in [0.25, 0.3) is 11.6 Å². The van der Waals surface area contributed by atoms with Gasteiger partial charge < -0.3 is 9.64 Å². The van der Waals surface area contributed by atoms with E-state index in [9.17, 15) is 19.7 Å². The molecule has 8 heteroatoms. The lowest BCUT2D eigenvalue weighted by Gasteiger charge is -2.37. The highest BCUT2D eigenvalue weighted by molar-refractivity contribution is 6.04. The van der Waals surface area contributed by atoms with Crippen molar-refractivity contribution in [2.45, 2.75) is 39.7 Å². The molecule has 1 unspecified atom stereocenters. The van der Waals surface area contributed by atoms with Gasteiger partial charge in [0, 0.05) is 19.2 Å². The number of amides is 2. The molecule has 2 amide bonds. The van der Waals surface area contributed by atoms with Crippen LogP contribution in [0.1, 0.15) is 33.6 Å². The van der Waals surface area contributed by atoms with E-state index in [2.05, 4.69) is 6.92 Å². The molecule has 2 aliphatic heterocycles. The second-order valence-corrected chi connectivity index (χ2v) is 7.68. The average molecular weight is 375 g/mol. The molecule has 0 saturated carbocycles. The lowest BCUT2D eigenvalue weighted by Crippen LogP contribution is -2.52. The van der Waals surface area contributed by atoms with Crippen LogP contribution in [0, 0.1) is 22.0 Å². The summed E-state index contributed by atoms with van der Waals surface area (Å²) in [7, 11) is 0. The lowest BCUT2D eigenvalue weighted by molar-refractivity contribution is -0.384. The average Bonchev–Trinajstić information content (AvgIpc) is 2.63. The van der Waals surface area contributed by atoms with Gasteiger partial charge in [-0.2, -0.15) is 0 Å². The summed E-state index contributed by atoms with van der Waals surface area (Å²) < 4.78 is 5.75. The Morgan fingerprint density at radius 3 is 2.59 bits per heavy atom. The van der Waals surface area contributed by atoms with Crippen LogP contribution in [0.5, 0.6) is 5.75 Å². The van der Waals surface area contributed by atoms with E-state index < -0.39 is 11.0 Å². The number of nitro groups is 1. The zero-order valence-corrected chi connectivity index (χ0v) is 15.9. The minimum absolute atomic E-state index is 0.0788. The predicted molar refractivity (Wildman–Crippen MR) is 99.7 cm³/mol. The largest absolute Gasteiger partial charge is 0.478 e. The number of hydrogen-bond acceptors (Lipinski definition) is 5. The van der Waals surface area contributed by atoms with E-state index in [4.69, 9.17) is 4.74 Å². The molecule has 0 spiro atoms. The first kappa shape index (κ1) is 19.1. The molecule has 2 aliphatic rings. The predicted octanol–water partition coefficient (Wildman–Crippen LogP) is 2.60. The van der Waals surface area contributed by atoms with Crippen LogP contribution < -0.4 is 9.64 Å². The van der Waals surface area contributed by atoms with Crippen LogP contribution in [0.4, 0.5) is 11.4 Å². The van der Waals surface area contributed by atoms with Gasteiger partial charge in [0.1, 0.15) is 6.54 Å². The number of benzene rings is 1. The SMILES string of the molecule is CC1CCN(C(=O)CN2C(=O)C(C(C)C)Oc3cc([N+](=O)[O-])ccc32)CC1. The number of carbonyl (C=O) groups excluding carboxylic acids is 2. The molecule has 27 heavy (non-hydrogen) atoms. The molecule has 1 atom stereocenters. The Morgan fingerprint density at radius 1 is 1.33 bits per heavy atom. The Balaban J connectivity index is 1.87. The Kier molecular flexibility index (Phi) is 5.34. The lowest BCUT2D eigenvalue weighted by atomic mass is 9.99. The van der Waals surface area contributed by atoms with Gasteiger partial charge >= 0.3 is 0 Å². The number of likely N-dealkylation sites (tertiary alicyclic amines) is 1. The Labute approximate surface area is 158 Å². The van der Waals surface area contributed by atoms with E-state index in [0.29, 0.717) is 24.7 Å². The molecule has 8 nitrogen and oxygen atoms in total. The van der Waals surface area contributed by atoms with E-state index in [1.165, 1.54) is 23.1 Å². The van der Waals surface area contributed by atoms with E-state index in [0.717, 1.165) is 12.8 Å². The molecule has 0 N–H and O–H groups in total. The number of non-ortho nitro benzene ring substituents is 1. The molecule has 1 saturated heterocycles. The number of nitro benzene ring substituents is 1. The third-order valence-corrected chi connectivity index (χ3v) is 5.24. The van der Waals surface area contributed by atoms with Gasteiger partial charge in [-0.25, -0.2) is 0 Å². The quantitative estimate of drug-likeness (QED) is 0.596. The first-order valence-electron chi connectivity index (χ1n) is 9.32. The fourth-order valence-corrected chi connectivity index (χ4v) is 3.47. The van der Waals surface area contributed by atoms with Gasteiger partial charge in [-0.15, -0.1) is 0 Å². The maximum atomic E-state index is 12.9. The van der Waals surface area contributed by atoms with E-state index in [1.54, 1.807) is 4.90 Å². The molecule has 0 aromatic heterocycles. The van der Waals surface area contributed by atoms with Crippen LogP contribution in [0.3, 0.4) is 0 Å². The Hall–Kier alpha value is -2.64. The molecule has 1 aromatic rings. The minimum Gasteiger partial charge on any atom is -0.478 e. The van der Waals surface area contributed by atoms with Crippen molar-refractivity contribution >= 4 is 23.2 Å². The molecule has 146 valence electrons. The van der Waals surface area contributed by atoms with Gasteiger partial charge in [0.05, 0.1) is 16.7 Å². The number of piperidine rings is 1. The summed E-state index contributed by atoms with van der Waals surface area (Å²) in [6.45, 7) is 7.17. The summed E-state index contributed by atoms with van der Waals surface area (Å²) >= 11 is 0. The van der Waals surface area contributed by atoms with Gasteiger partial charge in [0.15, 0.2) is 11.9 Å². The molecular formula is C19H25N3O5. The number of fused-ring (bicyclic) bond motifs is 1. The Morgan fingerprint density at radius 2 is 2.00 bits per heavy atom. The molecule has 1 aromatic carbocycles. The van der Waals surface area contributed by atoms with E-state index in [-0.39, 0.29) is 35.7 Å². The van der Waals surface area contributed by atoms with E-state index >= 15 is 0 Å². The summed E-state index contributed by atoms with van der Waals surface area (Å²) in [6, 6.07) is 4.12. The molecule has 1 fully saturated rings. The van der Waals surface area contributed by atoms with Crippen molar-refractivity contribution in [2.24, 2.45) is 11.8 Å². The number of rotatable bonds is 4. The third kappa shape index (κ3) is 3.89. The van der Waals surface area contributed by atoms with Crippen molar-refractivity contribution in [2.75, 3.05) is 24.5 Å². The minimum atomic E-state index is -0.770. The molecule has 0 aliphatic carbocycles. The fourth-order valence-electron chi connectivity index (χ4n) is 3.47. The van der Waals surface area contributed by atoms with Crippen molar-refractivity contribution < 1.29 is 19.2 Å². The maximum absolute atomic E-state index is 12.9. The standard InChI is InChI=1S/C19H25N3O5/c1-12(2)18-19(24)21(11-17(23)20-8-6-13(3)7-9-20)15-5-4-14(22(25)26)10-16(15)27-18/h4-5,10,12-13,18H,6-9,11H2,1-3H3. The van der Waals surface area contributed by atoms with Crippen molar-refractivity contribution in [3.63, 3.8) is 0 Å². The van der Waals surface area contributed by atoms with Crippen molar-refractivity contribution in [1.82, 2.24) is 4.90 Å². The highest BCUT2D eigenvalue weighted by Gasteiger charge is 2.38. The molecular weight excluding hydrogens is 350 g/mol. The van der Waals surface area contributed by atoms with Gasteiger partial charge in [-0.1, -0.05) is 20.8 Å². The van der Waals surface area contributed by atoms with Crippen molar-refractivity contribution in [3.8, 4) is 5.75 Å². The van der Waals surface area contributed by atoms with Crippen LogP contribution in [0.2, 0.25) is 0 Å². The number of carbonyl (C=O) groups is 2. The maximum Gasteiger partial charge on any atom is 0.273 e. The van der Waals surface area contributed by atoms with Gasteiger partial charge in [-0.3, -0.25) is 24.6 Å². The number of anilines is 1. The van der Waals surface area contributed by atoms with Crippen LogP contribution in [-0.4, -0.2) is 47.4 Å². The summed E-state index contributed by atoms with van der Waals surface area (Å²) in [5.41, 5.74) is 0.295. The normalized spacial score (nSPS) is 20.4. The summed E-state index contributed by atoms with van der Waals surface area (Å²) in [5, 5.41) is 11.1. The number of nitrogens with zero attached hydrogens (tertiary/aromatic N) is 3. The van der Waals surface area contributed by atoms with E-state index in [1.807, 2.05) is 13.8 Å². The molecule has 2 heterocycles. The summed E-state index contributed by atoms with van der Waals surface area (Å²) in [5.74, 6) is 0.348. The zero-order valence-electron chi connectivity index (χ0n) is 15.9. The number of ether oxygens (including phenoxy) is 1. The zero-order chi connectivity index (χ0) is 19.7. The van der Waals surface area contributed by atoms with Crippen LogP contribution in [0.15, 0.2) is 18.2 Å². The van der Waals surface area contributed by atoms with Gasteiger partial charge in [-0.05, 0) is 30.7 Å². The second kappa shape index (κ2) is 7.54. The molecule has 0 radical (unpaired) electrons. The summed E-state index contributed by atoms with van der Waals surface area (Å²) in [6.07, 6.45) is 1.15. The van der Waals surface area contributed by atoms with Crippen molar-refractivity contribution in [1.29, 1.82) is 0 Å². The Bertz CT molecular complexity index is 756. The second-order valence-electron chi connectivity index (χ2n) is 7.68. The van der Waals surface area contributed by atoms with Crippen LogP contribution >= 0.6 is 0 Å². The molecule has 3 rings (SSSR count). The highest BCUT2D eigenvalue weighted by atomic mass is 16.6. The van der Waals surface area contributed by atoms with Crippen LogP contribution in [-0.2, 0) is 9.59 Å².